The number of ether oxygens (including phenoxy) is 1. The minimum Gasteiger partial charge on any atom is -0.495 e. The molecule has 0 bridgehead atoms. The van der Waals surface area contributed by atoms with Crippen molar-refractivity contribution >= 4 is 39.1 Å². The lowest BCUT2D eigenvalue weighted by molar-refractivity contribution is -0.140. The maximum Gasteiger partial charge on any atom is 0.264 e. The first-order chi connectivity index (χ1) is 19.0. The number of carbonyl (C=O) groups excluding carboxylic acids is 2. The SMILES string of the molecule is CC[C@H](C(=O)NC(C)C)N(Cc1ccccc1C)C(=O)CN(c1cc(Cl)ccc1OC)S(=O)(=O)c1ccccc1. The van der Waals surface area contributed by atoms with Crippen LogP contribution in [0.2, 0.25) is 5.02 Å². The number of benzene rings is 3. The van der Waals surface area contributed by atoms with Crippen LogP contribution in [0.5, 0.6) is 5.75 Å². The van der Waals surface area contributed by atoms with E-state index in [0.717, 1.165) is 15.4 Å². The third kappa shape index (κ3) is 7.34. The zero-order chi connectivity index (χ0) is 29.4. The summed E-state index contributed by atoms with van der Waals surface area (Å²) < 4.78 is 34.4. The average molecular weight is 586 g/mol. The van der Waals surface area contributed by atoms with Crippen molar-refractivity contribution in [1.82, 2.24) is 10.2 Å². The Morgan fingerprint density at radius 1 is 1.00 bits per heavy atom. The van der Waals surface area contributed by atoms with Crippen LogP contribution in [0.4, 0.5) is 5.69 Å². The Morgan fingerprint density at radius 2 is 1.65 bits per heavy atom. The lowest BCUT2D eigenvalue weighted by Gasteiger charge is -2.34. The number of halogens is 1. The summed E-state index contributed by atoms with van der Waals surface area (Å²) in [5.74, 6) is -0.625. The largest absolute Gasteiger partial charge is 0.495 e. The number of hydrogen-bond donors (Lipinski definition) is 1. The molecule has 0 heterocycles. The monoisotopic (exact) mass is 585 g/mol. The van der Waals surface area contributed by atoms with Gasteiger partial charge in [-0.1, -0.05) is 61.0 Å². The number of carbonyl (C=O) groups is 2. The molecule has 3 aromatic carbocycles. The number of aryl methyl sites for hydroxylation is 1. The molecule has 214 valence electrons. The average Bonchev–Trinajstić information content (AvgIpc) is 2.92. The van der Waals surface area contributed by atoms with E-state index in [1.807, 2.05) is 52.0 Å². The Hall–Kier alpha value is -3.56. The van der Waals surface area contributed by atoms with Crippen LogP contribution in [-0.4, -0.2) is 50.9 Å². The molecule has 2 amide bonds. The fourth-order valence-corrected chi connectivity index (χ4v) is 5.97. The predicted molar refractivity (Wildman–Crippen MR) is 158 cm³/mol. The van der Waals surface area contributed by atoms with Crippen LogP contribution in [0.15, 0.2) is 77.7 Å². The van der Waals surface area contributed by atoms with Gasteiger partial charge in [-0.3, -0.25) is 13.9 Å². The van der Waals surface area contributed by atoms with Gasteiger partial charge in [0.1, 0.15) is 18.3 Å². The number of sulfonamides is 1. The Bertz CT molecular complexity index is 1430. The van der Waals surface area contributed by atoms with E-state index < -0.39 is 28.5 Å². The van der Waals surface area contributed by atoms with E-state index in [0.29, 0.717) is 6.42 Å². The van der Waals surface area contributed by atoms with Crippen molar-refractivity contribution in [2.24, 2.45) is 0 Å². The second kappa shape index (κ2) is 13.7. The molecule has 1 atom stereocenters. The van der Waals surface area contributed by atoms with Crippen molar-refractivity contribution in [2.45, 2.75) is 57.6 Å². The standard InChI is InChI=1S/C30H36ClN3O5S/c1-6-26(30(36)32-21(2)3)33(19-23-13-11-10-12-22(23)4)29(35)20-34(27-18-24(31)16-17-28(27)39-5)40(37,38)25-14-8-7-9-15-25/h7-18,21,26H,6,19-20H2,1-5H3,(H,32,36)/t26-/m1/s1. The first-order valence-electron chi connectivity index (χ1n) is 13.0. The highest BCUT2D eigenvalue weighted by molar-refractivity contribution is 7.92. The van der Waals surface area contributed by atoms with E-state index in [1.54, 1.807) is 30.3 Å². The molecule has 40 heavy (non-hydrogen) atoms. The van der Waals surface area contributed by atoms with Crippen molar-refractivity contribution in [2.75, 3.05) is 18.0 Å². The summed E-state index contributed by atoms with van der Waals surface area (Å²) in [4.78, 5) is 28.9. The van der Waals surface area contributed by atoms with Gasteiger partial charge in [0.25, 0.3) is 10.0 Å². The number of amides is 2. The molecule has 1 N–H and O–H groups in total. The van der Waals surface area contributed by atoms with Crippen molar-refractivity contribution in [1.29, 1.82) is 0 Å². The first-order valence-corrected chi connectivity index (χ1v) is 14.9. The van der Waals surface area contributed by atoms with Crippen LogP contribution in [0.25, 0.3) is 0 Å². The third-order valence-corrected chi connectivity index (χ3v) is 8.45. The molecule has 0 aliphatic heterocycles. The van der Waals surface area contributed by atoms with Crippen molar-refractivity contribution < 1.29 is 22.7 Å². The van der Waals surface area contributed by atoms with Crippen LogP contribution in [0.1, 0.15) is 38.3 Å². The molecule has 3 rings (SSSR count). The molecule has 0 aliphatic rings. The van der Waals surface area contributed by atoms with Crippen molar-refractivity contribution in [3.63, 3.8) is 0 Å². The zero-order valence-corrected chi connectivity index (χ0v) is 25.0. The molecular formula is C30H36ClN3O5S. The summed E-state index contributed by atoms with van der Waals surface area (Å²) >= 11 is 6.28. The lowest BCUT2D eigenvalue weighted by Crippen LogP contribution is -2.53. The molecule has 3 aromatic rings. The summed E-state index contributed by atoms with van der Waals surface area (Å²) in [5.41, 5.74) is 1.91. The highest BCUT2D eigenvalue weighted by Crippen LogP contribution is 2.35. The van der Waals surface area contributed by atoms with E-state index in [-0.39, 0.29) is 39.8 Å². The van der Waals surface area contributed by atoms with Crippen molar-refractivity contribution in [3.8, 4) is 5.75 Å². The van der Waals surface area contributed by atoms with Crippen molar-refractivity contribution in [3.05, 3.63) is 88.9 Å². The van der Waals surface area contributed by atoms with Gasteiger partial charge in [0.05, 0.1) is 17.7 Å². The topological polar surface area (TPSA) is 96.0 Å². The molecule has 0 unspecified atom stereocenters. The maximum absolute atomic E-state index is 14.2. The summed E-state index contributed by atoms with van der Waals surface area (Å²) in [6.45, 7) is 6.99. The smallest absolute Gasteiger partial charge is 0.264 e. The number of rotatable bonds is 12. The van der Waals surface area contributed by atoms with E-state index in [4.69, 9.17) is 16.3 Å². The van der Waals surface area contributed by atoms with Crippen LogP contribution < -0.4 is 14.4 Å². The minimum absolute atomic E-state index is 0.000116. The number of nitrogens with zero attached hydrogens (tertiary/aromatic N) is 2. The number of hydrogen-bond acceptors (Lipinski definition) is 5. The zero-order valence-electron chi connectivity index (χ0n) is 23.4. The number of anilines is 1. The van der Waals surface area contributed by atoms with Gasteiger partial charge in [-0.15, -0.1) is 0 Å². The molecular weight excluding hydrogens is 550 g/mol. The second-order valence-corrected chi connectivity index (χ2v) is 12.0. The summed E-state index contributed by atoms with van der Waals surface area (Å²) in [6, 6.07) is 19.0. The fraction of sp³-hybridized carbons (Fsp3) is 0.333. The lowest BCUT2D eigenvalue weighted by atomic mass is 10.1. The summed E-state index contributed by atoms with van der Waals surface area (Å²) in [7, 11) is -2.83. The van der Waals surface area contributed by atoms with Crippen LogP contribution >= 0.6 is 11.6 Å². The summed E-state index contributed by atoms with van der Waals surface area (Å²) in [6.07, 6.45) is 0.335. The number of nitrogens with one attached hydrogen (secondary N) is 1. The van der Waals surface area contributed by atoms with Gasteiger partial charge in [-0.2, -0.15) is 0 Å². The fourth-order valence-electron chi connectivity index (χ4n) is 4.36. The number of methoxy groups -OCH3 is 1. The normalized spacial score (nSPS) is 12.1. The van der Waals surface area contributed by atoms with Gasteiger partial charge in [-0.05, 0) is 68.7 Å². The molecule has 0 spiro atoms. The van der Waals surface area contributed by atoms with E-state index in [1.165, 1.54) is 30.2 Å². The van der Waals surface area contributed by atoms with E-state index in [2.05, 4.69) is 5.32 Å². The molecule has 0 aromatic heterocycles. The molecule has 0 radical (unpaired) electrons. The molecule has 10 heteroatoms. The van der Waals surface area contributed by atoms with Gasteiger partial charge in [0.2, 0.25) is 11.8 Å². The summed E-state index contributed by atoms with van der Waals surface area (Å²) in [5, 5.41) is 3.17. The second-order valence-electron chi connectivity index (χ2n) is 9.68. The quantitative estimate of drug-likeness (QED) is 0.316. The molecule has 0 aliphatic carbocycles. The Kier molecular flexibility index (Phi) is 10.6. The highest BCUT2D eigenvalue weighted by atomic mass is 35.5. The van der Waals surface area contributed by atoms with Crippen LogP contribution in [-0.2, 0) is 26.2 Å². The van der Waals surface area contributed by atoms with E-state index >= 15 is 0 Å². The molecule has 0 saturated heterocycles. The first kappa shape index (κ1) is 31.0. The Balaban J connectivity index is 2.13. The maximum atomic E-state index is 14.2. The van der Waals surface area contributed by atoms with Gasteiger partial charge >= 0.3 is 0 Å². The molecule has 0 fully saturated rings. The third-order valence-electron chi connectivity index (χ3n) is 6.44. The van der Waals surface area contributed by atoms with Gasteiger partial charge in [-0.25, -0.2) is 8.42 Å². The van der Waals surface area contributed by atoms with Crippen LogP contribution in [0.3, 0.4) is 0 Å². The van der Waals surface area contributed by atoms with Gasteiger partial charge in [0, 0.05) is 17.6 Å². The minimum atomic E-state index is -4.24. The Morgan fingerprint density at radius 3 is 2.25 bits per heavy atom. The van der Waals surface area contributed by atoms with E-state index in [9.17, 15) is 18.0 Å². The van der Waals surface area contributed by atoms with Gasteiger partial charge < -0.3 is 15.0 Å². The highest BCUT2D eigenvalue weighted by Gasteiger charge is 2.35. The molecule has 0 saturated carbocycles. The van der Waals surface area contributed by atoms with Gasteiger partial charge in [0.15, 0.2) is 0 Å². The van der Waals surface area contributed by atoms with Crippen LogP contribution in [0, 0.1) is 6.92 Å². The predicted octanol–water partition coefficient (Wildman–Crippen LogP) is 5.18. The Labute approximate surface area is 241 Å². The molecule has 8 nitrogen and oxygen atoms in total.